The van der Waals surface area contributed by atoms with E-state index >= 15 is 0 Å². The molecule has 51 heavy (non-hydrogen) atoms. The van der Waals surface area contributed by atoms with Crippen LogP contribution in [0.3, 0.4) is 0 Å². The molecule has 0 aliphatic rings. The maximum atomic E-state index is 5.68. The van der Waals surface area contributed by atoms with Crippen LogP contribution < -0.4 is 10.6 Å². The minimum Gasteiger partial charge on any atom is -0.383 e. The molecule has 0 aliphatic carbocycles. The molecular formula is C40H46N4O5S2. The van der Waals surface area contributed by atoms with Crippen LogP contribution in [0.15, 0.2) is 84.9 Å². The number of aryl methyl sites for hydroxylation is 2. The Bertz CT molecular complexity index is 1790. The molecular weight excluding hydrogens is 681 g/mol. The summed E-state index contributed by atoms with van der Waals surface area (Å²) in [6, 6.07) is 29.5. The first-order valence-corrected chi connectivity index (χ1v) is 19.1. The number of nitrogens with zero attached hydrogens (tertiary/aromatic N) is 2. The van der Waals surface area contributed by atoms with Crippen LogP contribution in [0, 0.1) is 13.8 Å². The lowest BCUT2D eigenvalue weighted by atomic mass is 10.2. The number of hydrogen-bond donors (Lipinski definition) is 2. The number of fused-ring (bicyclic) bond motifs is 2. The molecule has 0 saturated heterocycles. The summed E-state index contributed by atoms with van der Waals surface area (Å²) in [5.74, 6) is 0. The van der Waals surface area contributed by atoms with Crippen LogP contribution >= 0.6 is 22.7 Å². The molecule has 0 spiro atoms. The van der Waals surface area contributed by atoms with Crippen LogP contribution in [0.25, 0.3) is 41.6 Å². The van der Waals surface area contributed by atoms with E-state index in [0.717, 1.165) is 56.6 Å². The van der Waals surface area contributed by atoms with E-state index in [0.29, 0.717) is 66.1 Å². The third kappa shape index (κ3) is 11.5. The maximum Gasteiger partial charge on any atom is 0.124 e. The Hall–Kier alpha value is -3.94. The van der Waals surface area contributed by atoms with Gasteiger partial charge in [-0.1, -0.05) is 12.1 Å². The van der Waals surface area contributed by atoms with Gasteiger partial charge in [0.2, 0.25) is 0 Å². The first-order valence-electron chi connectivity index (χ1n) is 17.4. The monoisotopic (exact) mass is 726 g/mol. The molecule has 2 N–H and O–H groups in total. The summed E-state index contributed by atoms with van der Waals surface area (Å²) in [6.45, 7) is 11.2. The van der Waals surface area contributed by atoms with E-state index in [1.165, 1.54) is 20.5 Å². The standard InChI is InChI=1S/C40H46N4O5S2/c1-29-3-13-35-37(27-29)50-39(43-35)31-5-9-33(10-6-31)41-15-17-45-19-21-47-23-25-49-26-24-48-22-20-46-18-16-42-34-11-7-32(8-12-34)40-44-36-14-4-30(2)28-38(36)51-40/h3-14,27-28,41-42H,15-26H2,1-2H3. The second kappa shape index (κ2) is 19.6. The fourth-order valence-electron chi connectivity index (χ4n) is 5.29. The van der Waals surface area contributed by atoms with Crippen molar-refractivity contribution in [2.24, 2.45) is 0 Å². The van der Waals surface area contributed by atoms with Gasteiger partial charge in [0, 0.05) is 35.6 Å². The summed E-state index contributed by atoms with van der Waals surface area (Å²) < 4.78 is 30.6. The average Bonchev–Trinajstić information content (AvgIpc) is 3.77. The minimum absolute atomic E-state index is 0.529. The Morgan fingerprint density at radius 1 is 0.451 bits per heavy atom. The van der Waals surface area contributed by atoms with Crippen LogP contribution in [0.1, 0.15) is 11.1 Å². The normalized spacial score (nSPS) is 11.5. The SMILES string of the molecule is Cc1ccc2nc(-c3ccc(NCCOCCOCCOCCOCCOCCNc4ccc(-c5nc6ccc(C)cc6s5)cc4)cc3)sc2c1. The van der Waals surface area contributed by atoms with Gasteiger partial charge >= 0.3 is 0 Å². The molecule has 0 amide bonds. The molecule has 2 aromatic heterocycles. The van der Waals surface area contributed by atoms with Crippen molar-refractivity contribution in [3.05, 3.63) is 96.1 Å². The molecule has 0 radical (unpaired) electrons. The van der Waals surface area contributed by atoms with Crippen LogP contribution in [-0.4, -0.2) is 89.1 Å². The van der Waals surface area contributed by atoms with Crippen molar-refractivity contribution in [3.8, 4) is 21.1 Å². The summed E-state index contributed by atoms with van der Waals surface area (Å²) in [5, 5.41) is 8.88. The lowest BCUT2D eigenvalue weighted by Gasteiger charge is -2.09. The summed E-state index contributed by atoms with van der Waals surface area (Å²) in [6.07, 6.45) is 0. The predicted octanol–water partition coefficient (Wildman–Crippen LogP) is 8.46. The molecule has 11 heteroatoms. The number of anilines is 2. The van der Waals surface area contributed by atoms with Gasteiger partial charge in [-0.15, -0.1) is 22.7 Å². The molecule has 6 rings (SSSR count). The average molecular weight is 727 g/mol. The molecule has 2 heterocycles. The summed E-state index contributed by atoms with van der Waals surface area (Å²) in [5.41, 5.74) is 9.00. The predicted molar refractivity (Wildman–Crippen MR) is 211 cm³/mol. The van der Waals surface area contributed by atoms with Gasteiger partial charge in [0.25, 0.3) is 0 Å². The molecule has 9 nitrogen and oxygen atoms in total. The molecule has 0 atom stereocenters. The van der Waals surface area contributed by atoms with E-state index < -0.39 is 0 Å². The highest BCUT2D eigenvalue weighted by molar-refractivity contribution is 7.22. The number of rotatable bonds is 22. The van der Waals surface area contributed by atoms with Crippen LogP contribution in [0.5, 0.6) is 0 Å². The van der Waals surface area contributed by atoms with Crippen molar-refractivity contribution in [1.82, 2.24) is 9.97 Å². The van der Waals surface area contributed by atoms with Crippen molar-refractivity contribution < 1.29 is 23.7 Å². The number of hydrogen-bond acceptors (Lipinski definition) is 11. The quantitative estimate of drug-likeness (QED) is 0.0669. The van der Waals surface area contributed by atoms with Crippen molar-refractivity contribution in [2.45, 2.75) is 13.8 Å². The van der Waals surface area contributed by atoms with Gasteiger partial charge in [0.1, 0.15) is 10.0 Å². The Kier molecular flexibility index (Phi) is 14.2. The zero-order valence-corrected chi connectivity index (χ0v) is 31.0. The van der Waals surface area contributed by atoms with Gasteiger partial charge in [-0.2, -0.15) is 0 Å². The highest BCUT2D eigenvalue weighted by Crippen LogP contribution is 2.32. The van der Waals surface area contributed by atoms with E-state index in [-0.39, 0.29) is 0 Å². The van der Waals surface area contributed by atoms with Gasteiger partial charge in [-0.25, -0.2) is 9.97 Å². The molecule has 4 aromatic carbocycles. The third-order valence-corrected chi connectivity index (χ3v) is 10.1. The van der Waals surface area contributed by atoms with Gasteiger partial charge < -0.3 is 34.3 Å². The Morgan fingerprint density at radius 3 is 1.18 bits per heavy atom. The van der Waals surface area contributed by atoms with Gasteiger partial charge in [-0.05, 0) is 97.8 Å². The van der Waals surface area contributed by atoms with E-state index in [9.17, 15) is 0 Å². The van der Waals surface area contributed by atoms with E-state index in [1.807, 2.05) is 0 Å². The summed E-state index contributed by atoms with van der Waals surface area (Å²) in [4.78, 5) is 9.54. The van der Waals surface area contributed by atoms with Crippen molar-refractivity contribution in [3.63, 3.8) is 0 Å². The molecule has 0 saturated carbocycles. The zero-order chi connectivity index (χ0) is 35.1. The highest BCUT2D eigenvalue weighted by atomic mass is 32.1. The van der Waals surface area contributed by atoms with E-state index in [2.05, 4.69) is 109 Å². The second-order valence-corrected chi connectivity index (χ2v) is 14.1. The molecule has 0 fully saturated rings. The maximum absolute atomic E-state index is 5.68. The fraction of sp³-hybridized carbons (Fsp3) is 0.350. The van der Waals surface area contributed by atoms with Crippen molar-refractivity contribution >= 4 is 54.5 Å². The lowest BCUT2D eigenvalue weighted by Crippen LogP contribution is -2.15. The van der Waals surface area contributed by atoms with Crippen LogP contribution in [0.4, 0.5) is 11.4 Å². The molecule has 0 unspecified atom stereocenters. The summed E-state index contributed by atoms with van der Waals surface area (Å²) in [7, 11) is 0. The number of nitrogens with one attached hydrogen (secondary N) is 2. The number of ether oxygens (including phenoxy) is 5. The molecule has 268 valence electrons. The molecule has 0 bridgehead atoms. The van der Waals surface area contributed by atoms with Gasteiger partial charge in [0.05, 0.1) is 86.5 Å². The van der Waals surface area contributed by atoms with E-state index in [1.54, 1.807) is 22.7 Å². The molecule has 0 aliphatic heterocycles. The van der Waals surface area contributed by atoms with Crippen molar-refractivity contribution in [2.75, 3.05) is 89.8 Å². The molecule has 6 aromatic rings. The second-order valence-electron chi connectivity index (χ2n) is 12.1. The topological polar surface area (TPSA) is 96.0 Å². The van der Waals surface area contributed by atoms with Crippen LogP contribution in [0.2, 0.25) is 0 Å². The third-order valence-electron chi connectivity index (χ3n) is 7.99. The number of aromatic nitrogens is 2. The Balaban J connectivity index is 0.697. The summed E-state index contributed by atoms with van der Waals surface area (Å²) >= 11 is 3.46. The Morgan fingerprint density at radius 2 is 0.804 bits per heavy atom. The first kappa shape index (κ1) is 36.8. The van der Waals surface area contributed by atoms with Crippen LogP contribution in [-0.2, 0) is 23.7 Å². The lowest BCUT2D eigenvalue weighted by molar-refractivity contribution is -0.00971. The van der Waals surface area contributed by atoms with Crippen molar-refractivity contribution in [1.29, 1.82) is 0 Å². The zero-order valence-electron chi connectivity index (χ0n) is 29.3. The first-order chi connectivity index (χ1) is 25.1. The fourth-order valence-corrected chi connectivity index (χ4v) is 7.43. The Labute approximate surface area is 307 Å². The van der Waals surface area contributed by atoms with Gasteiger partial charge in [-0.3, -0.25) is 0 Å². The minimum atomic E-state index is 0.529. The smallest absolute Gasteiger partial charge is 0.124 e. The van der Waals surface area contributed by atoms with Gasteiger partial charge in [0.15, 0.2) is 0 Å². The largest absolute Gasteiger partial charge is 0.383 e. The van der Waals surface area contributed by atoms with E-state index in [4.69, 9.17) is 33.7 Å². The highest BCUT2D eigenvalue weighted by Gasteiger charge is 2.08. The number of benzene rings is 4. The number of thiazole rings is 2.